The molecule has 0 aliphatic carbocycles. The molecular weight excluding hydrogens is 552 g/mol. The number of carbonyl (C=O) groups is 1. The van der Waals surface area contributed by atoms with Gasteiger partial charge in [0, 0.05) is 49.9 Å². The van der Waals surface area contributed by atoms with E-state index in [0.29, 0.717) is 42.6 Å². The summed E-state index contributed by atoms with van der Waals surface area (Å²) in [6, 6.07) is 7.12. The molecule has 214 valence electrons. The molecule has 0 saturated carbocycles. The number of nitrogens with one attached hydrogen (secondary N) is 2. The Balaban J connectivity index is 1.05. The highest BCUT2D eigenvalue weighted by Gasteiger charge is 2.33. The van der Waals surface area contributed by atoms with Crippen LogP contribution in [0.2, 0.25) is 0 Å². The van der Waals surface area contributed by atoms with Gasteiger partial charge in [0.2, 0.25) is 16.2 Å². The summed E-state index contributed by atoms with van der Waals surface area (Å²) in [7, 11) is 0. The number of amides is 1. The fraction of sp³-hybridized carbons (Fsp3) is 0.480. The SMILES string of the molecule is O=C(CC1CCN(Cc2ccc(F)cc2OC(F)(F)F)CC1)Nc1nnc(N[C@@H]2CCN(c3cccnn3)C2)s1. The van der Waals surface area contributed by atoms with Crippen LogP contribution < -0.4 is 20.3 Å². The third-order valence-corrected chi connectivity index (χ3v) is 7.67. The van der Waals surface area contributed by atoms with E-state index in [1.165, 1.54) is 17.4 Å². The lowest BCUT2D eigenvalue weighted by Gasteiger charge is -2.32. The third kappa shape index (κ3) is 7.75. The smallest absolute Gasteiger partial charge is 0.405 e. The second-order valence-corrected chi connectivity index (χ2v) is 10.8. The maximum absolute atomic E-state index is 13.5. The van der Waals surface area contributed by atoms with E-state index in [9.17, 15) is 22.4 Å². The summed E-state index contributed by atoms with van der Waals surface area (Å²) in [6.45, 7) is 3.00. The number of anilines is 3. The Bertz CT molecular complexity index is 1290. The van der Waals surface area contributed by atoms with E-state index in [4.69, 9.17) is 0 Å². The van der Waals surface area contributed by atoms with Gasteiger partial charge in [-0.3, -0.25) is 9.69 Å². The van der Waals surface area contributed by atoms with Gasteiger partial charge < -0.3 is 20.3 Å². The molecule has 40 heavy (non-hydrogen) atoms. The lowest BCUT2D eigenvalue weighted by Crippen LogP contribution is -2.34. The van der Waals surface area contributed by atoms with E-state index < -0.39 is 17.9 Å². The van der Waals surface area contributed by atoms with Crippen LogP contribution in [0.1, 0.15) is 31.2 Å². The van der Waals surface area contributed by atoms with Crippen LogP contribution in [-0.2, 0) is 11.3 Å². The largest absolute Gasteiger partial charge is 0.573 e. The minimum Gasteiger partial charge on any atom is -0.405 e. The molecule has 0 bridgehead atoms. The molecule has 0 unspecified atom stereocenters. The Morgan fingerprint density at radius 3 is 2.62 bits per heavy atom. The summed E-state index contributed by atoms with van der Waals surface area (Å²) in [4.78, 5) is 16.8. The molecule has 3 aromatic rings. The van der Waals surface area contributed by atoms with Gasteiger partial charge in [-0.1, -0.05) is 17.4 Å². The number of halogens is 4. The molecule has 2 saturated heterocycles. The number of piperidine rings is 1. The van der Waals surface area contributed by atoms with Gasteiger partial charge in [-0.05, 0) is 56.5 Å². The van der Waals surface area contributed by atoms with E-state index >= 15 is 0 Å². The highest BCUT2D eigenvalue weighted by atomic mass is 32.1. The Hall–Kier alpha value is -3.59. The van der Waals surface area contributed by atoms with Crippen molar-refractivity contribution in [2.45, 2.75) is 44.6 Å². The number of aromatic nitrogens is 4. The number of rotatable bonds is 9. The van der Waals surface area contributed by atoms with Crippen molar-refractivity contribution in [1.82, 2.24) is 25.3 Å². The van der Waals surface area contributed by atoms with Crippen LogP contribution in [0.4, 0.5) is 33.6 Å². The van der Waals surface area contributed by atoms with Crippen LogP contribution in [0.25, 0.3) is 0 Å². The van der Waals surface area contributed by atoms with Gasteiger partial charge in [0.25, 0.3) is 0 Å². The zero-order valence-corrected chi connectivity index (χ0v) is 22.2. The van der Waals surface area contributed by atoms with Gasteiger partial charge >= 0.3 is 6.36 Å². The molecule has 2 N–H and O–H groups in total. The Kier molecular flexibility index (Phi) is 8.59. The first-order chi connectivity index (χ1) is 19.2. The van der Waals surface area contributed by atoms with Crippen molar-refractivity contribution in [3.05, 3.63) is 47.9 Å². The van der Waals surface area contributed by atoms with Crippen molar-refractivity contribution in [1.29, 1.82) is 0 Å². The molecule has 4 heterocycles. The lowest BCUT2D eigenvalue weighted by atomic mass is 9.93. The number of nitrogens with zero attached hydrogens (tertiary/aromatic N) is 6. The Morgan fingerprint density at radius 1 is 1.07 bits per heavy atom. The van der Waals surface area contributed by atoms with Crippen molar-refractivity contribution < 1.29 is 27.1 Å². The lowest BCUT2D eigenvalue weighted by molar-refractivity contribution is -0.275. The van der Waals surface area contributed by atoms with Gasteiger partial charge in [0.1, 0.15) is 11.6 Å². The molecule has 2 aliphatic heterocycles. The highest BCUT2D eigenvalue weighted by molar-refractivity contribution is 7.19. The number of alkyl halides is 3. The van der Waals surface area contributed by atoms with E-state index in [1.807, 2.05) is 17.0 Å². The van der Waals surface area contributed by atoms with Gasteiger partial charge in [-0.25, -0.2) is 4.39 Å². The second kappa shape index (κ2) is 12.3. The zero-order chi connectivity index (χ0) is 28.1. The highest BCUT2D eigenvalue weighted by Crippen LogP contribution is 2.30. The molecule has 1 aromatic carbocycles. The van der Waals surface area contributed by atoms with Crippen LogP contribution in [0.3, 0.4) is 0 Å². The maximum Gasteiger partial charge on any atom is 0.573 e. The van der Waals surface area contributed by atoms with Crippen LogP contribution >= 0.6 is 11.3 Å². The molecule has 0 spiro atoms. The van der Waals surface area contributed by atoms with Gasteiger partial charge in [0.15, 0.2) is 5.82 Å². The summed E-state index contributed by atoms with van der Waals surface area (Å²) < 4.78 is 55.6. The molecule has 10 nitrogen and oxygen atoms in total. The van der Waals surface area contributed by atoms with Crippen LogP contribution in [-0.4, -0.2) is 69.8 Å². The number of hydrogen-bond acceptors (Lipinski definition) is 10. The monoisotopic (exact) mass is 580 g/mol. The van der Waals surface area contributed by atoms with E-state index in [-0.39, 0.29) is 30.0 Å². The summed E-state index contributed by atoms with van der Waals surface area (Å²) in [6.07, 6.45) is -0.628. The number of hydrogen-bond donors (Lipinski definition) is 2. The topological polar surface area (TPSA) is 108 Å². The fourth-order valence-electron chi connectivity index (χ4n) is 4.96. The van der Waals surface area contributed by atoms with Crippen molar-refractivity contribution in [2.75, 3.05) is 41.7 Å². The molecule has 2 aromatic heterocycles. The predicted octanol–water partition coefficient (Wildman–Crippen LogP) is 4.30. The van der Waals surface area contributed by atoms with Gasteiger partial charge in [0.05, 0.1) is 0 Å². The van der Waals surface area contributed by atoms with E-state index in [2.05, 4.69) is 40.7 Å². The minimum atomic E-state index is -4.90. The molecule has 2 fully saturated rings. The quantitative estimate of drug-likeness (QED) is 0.358. The molecule has 1 atom stereocenters. The Labute approximate surface area is 231 Å². The first-order valence-corrected chi connectivity index (χ1v) is 13.7. The first kappa shape index (κ1) is 28.0. The van der Waals surface area contributed by atoms with Crippen LogP contribution in [0.15, 0.2) is 36.5 Å². The van der Waals surface area contributed by atoms with Crippen molar-refractivity contribution >= 4 is 33.3 Å². The van der Waals surface area contributed by atoms with Gasteiger partial charge in [-0.2, -0.15) is 5.10 Å². The average Bonchev–Trinajstić information content (AvgIpc) is 3.56. The summed E-state index contributed by atoms with van der Waals surface area (Å²) >= 11 is 1.28. The average molecular weight is 581 g/mol. The van der Waals surface area contributed by atoms with Crippen LogP contribution in [0.5, 0.6) is 5.75 Å². The molecular formula is C25H28F4N8O2S. The van der Waals surface area contributed by atoms with E-state index in [0.717, 1.165) is 37.5 Å². The third-order valence-electron chi connectivity index (χ3n) is 6.90. The van der Waals surface area contributed by atoms with Gasteiger partial charge in [-0.15, -0.1) is 28.5 Å². The predicted molar refractivity (Wildman–Crippen MR) is 141 cm³/mol. The fourth-order valence-corrected chi connectivity index (χ4v) is 5.69. The zero-order valence-electron chi connectivity index (χ0n) is 21.4. The normalized spacial score (nSPS) is 18.6. The number of ether oxygens (including phenoxy) is 1. The molecule has 2 aliphatic rings. The minimum absolute atomic E-state index is 0.131. The summed E-state index contributed by atoms with van der Waals surface area (Å²) in [5, 5.41) is 23.5. The van der Waals surface area contributed by atoms with Crippen molar-refractivity contribution in [3.63, 3.8) is 0 Å². The summed E-state index contributed by atoms with van der Waals surface area (Å²) in [5.41, 5.74) is 0.259. The molecule has 5 rings (SSSR count). The van der Waals surface area contributed by atoms with Crippen molar-refractivity contribution in [2.24, 2.45) is 5.92 Å². The van der Waals surface area contributed by atoms with Crippen molar-refractivity contribution in [3.8, 4) is 5.75 Å². The molecule has 15 heteroatoms. The number of likely N-dealkylation sites (tertiary alicyclic amines) is 1. The standard InChI is InChI=1S/C25H28F4N8O2S/c26-18-4-3-17(20(13-18)39-25(27,28)29)14-36-9-5-16(6-10-36)12-22(38)32-24-35-34-23(40-24)31-19-7-11-37(15-19)21-2-1-8-30-33-21/h1-4,8,13,16,19H,5-7,9-12,14-15H2,(H,31,34)(H,32,35,38)/t19-/m1/s1. The summed E-state index contributed by atoms with van der Waals surface area (Å²) in [5.74, 6) is -0.523. The number of carbonyl (C=O) groups excluding carboxylic acids is 1. The molecule has 1 amide bonds. The second-order valence-electron chi connectivity index (χ2n) is 9.84. The first-order valence-electron chi connectivity index (χ1n) is 12.9. The van der Waals surface area contributed by atoms with E-state index in [1.54, 1.807) is 6.20 Å². The Morgan fingerprint density at radius 2 is 1.88 bits per heavy atom. The number of benzene rings is 1. The van der Waals surface area contributed by atoms with Crippen LogP contribution in [0, 0.1) is 11.7 Å². The molecule has 0 radical (unpaired) electrons. The maximum atomic E-state index is 13.5.